The van der Waals surface area contributed by atoms with Crippen molar-refractivity contribution in [2.24, 2.45) is 5.92 Å². The van der Waals surface area contributed by atoms with E-state index in [1.54, 1.807) is 25.2 Å². The summed E-state index contributed by atoms with van der Waals surface area (Å²) in [5.41, 5.74) is 2.38. The second-order valence-corrected chi connectivity index (χ2v) is 8.84. The molecule has 1 aromatic rings. The van der Waals surface area contributed by atoms with Gasteiger partial charge in [0.25, 0.3) is 0 Å². The molecule has 2 fully saturated rings. The largest absolute Gasteiger partial charge is 0.504 e. The fourth-order valence-electron chi connectivity index (χ4n) is 6.66. The van der Waals surface area contributed by atoms with Crippen molar-refractivity contribution >= 4 is 5.97 Å². The Bertz CT molecular complexity index is 830. The summed E-state index contributed by atoms with van der Waals surface area (Å²) in [4.78, 5) is 20.3. The molecule has 5 rings (SSSR count). The lowest BCUT2D eigenvalue weighted by atomic mass is 9.51. The van der Waals surface area contributed by atoms with Crippen LogP contribution in [0.3, 0.4) is 0 Å². The van der Waals surface area contributed by atoms with E-state index in [1.807, 2.05) is 0 Å². The lowest BCUT2D eigenvalue weighted by molar-refractivity contribution is -0.213. The molecule has 2 aliphatic carbocycles. The number of ether oxygens (including phenoxy) is 2. The summed E-state index contributed by atoms with van der Waals surface area (Å²) in [5, 5.41) is 12.3. The Kier molecular flexibility index (Phi) is 4.53. The molecule has 7 nitrogen and oxygen atoms in total. The number of esters is 1. The van der Waals surface area contributed by atoms with E-state index in [4.69, 9.17) is 14.3 Å². The first-order chi connectivity index (χ1) is 14.0. The molecule has 4 aliphatic rings. The number of likely N-dealkylation sites (tertiary alicyclic amines) is 1. The zero-order chi connectivity index (χ0) is 20.3. The number of carbonyl (C=O) groups is 1. The van der Waals surface area contributed by atoms with Crippen molar-refractivity contribution in [2.45, 2.75) is 56.2 Å². The normalized spacial score (nSPS) is 34.6. The Labute approximate surface area is 171 Å². The molecule has 0 amide bonds. The van der Waals surface area contributed by atoms with Gasteiger partial charge in [-0.25, -0.2) is 0 Å². The first kappa shape index (κ1) is 19.2. The Hall–Kier alpha value is -1.83. The Morgan fingerprint density at radius 1 is 1.41 bits per heavy atom. The number of hydrogen-bond acceptors (Lipinski definition) is 7. The molecule has 1 saturated heterocycles. The number of nitrogens with zero attached hydrogens (tertiary/aromatic N) is 2. The number of phenolic OH excluding ortho intramolecular Hbond substituents is 1. The van der Waals surface area contributed by atoms with Crippen molar-refractivity contribution in [1.82, 2.24) is 9.96 Å². The lowest BCUT2D eigenvalue weighted by Crippen LogP contribution is -2.68. The molecule has 1 saturated carbocycles. The van der Waals surface area contributed by atoms with Crippen LogP contribution in [0.5, 0.6) is 11.5 Å². The lowest BCUT2D eigenvalue weighted by Gasteiger charge is -2.59. The van der Waals surface area contributed by atoms with Crippen LogP contribution >= 0.6 is 0 Å². The number of hydrogen-bond donors (Lipinski definition) is 1. The average Bonchev–Trinajstić information content (AvgIpc) is 3.06. The molecule has 2 bridgehead atoms. The minimum absolute atomic E-state index is 0.0672. The second kappa shape index (κ2) is 6.86. The predicted octanol–water partition coefficient (Wildman–Crippen LogP) is 1.86. The second-order valence-electron chi connectivity index (χ2n) is 8.84. The van der Waals surface area contributed by atoms with E-state index in [0.717, 1.165) is 32.2 Å². The van der Waals surface area contributed by atoms with Crippen LogP contribution in [0.15, 0.2) is 12.1 Å². The zero-order valence-corrected chi connectivity index (χ0v) is 17.4. The van der Waals surface area contributed by atoms with Gasteiger partial charge in [-0.2, -0.15) is 5.06 Å². The Morgan fingerprint density at radius 2 is 2.24 bits per heavy atom. The monoisotopic (exact) mass is 402 g/mol. The summed E-state index contributed by atoms with van der Waals surface area (Å²) < 4.78 is 11.7. The summed E-state index contributed by atoms with van der Waals surface area (Å²) in [6, 6.07) is 4.25. The first-order valence-electron chi connectivity index (χ1n) is 10.7. The van der Waals surface area contributed by atoms with Crippen LogP contribution in [0.25, 0.3) is 0 Å². The van der Waals surface area contributed by atoms with Gasteiger partial charge in [0, 0.05) is 17.0 Å². The molecule has 0 unspecified atom stereocenters. The highest BCUT2D eigenvalue weighted by molar-refractivity contribution is 5.71. The molecule has 29 heavy (non-hydrogen) atoms. The van der Waals surface area contributed by atoms with Crippen molar-refractivity contribution < 1.29 is 24.2 Å². The molecule has 5 atom stereocenters. The van der Waals surface area contributed by atoms with Crippen molar-refractivity contribution in [2.75, 3.05) is 33.9 Å². The van der Waals surface area contributed by atoms with Gasteiger partial charge in [-0.15, -0.1) is 0 Å². The molecule has 2 aliphatic heterocycles. The third-order valence-electron chi connectivity index (χ3n) is 7.76. The van der Waals surface area contributed by atoms with E-state index >= 15 is 0 Å². The molecular formula is C22H30N2O5. The number of hydroxylamine groups is 2. The highest BCUT2D eigenvalue weighted by Gasteiger charge is 2.66. The van der Waals surface area contributed by atoms with Gasteiger partial charge >= 0.3 is 5.97 Å². The number of aromatic hydroxyl groups is 1. The smallest absolute Gasteiger partial charge is 0.322 e. The number of rotatable bonds is 5. The quantitative estimate of drug-likeness (QED) is 0.595. The van der Waals surface area contributed by atoms with E-state index in [1.165, 1.54) is 11.1 Å². The maximum atomic E-state index is 12.2. The number of benzene rings is 1. The number of carbonyl (C=O) groups excluding carboxylic acids is 1. The van der Waals surface area contributed by atoms with Crippen molar-refractivity contribution in [1.29, 1.82) is 0 Å². The predicted molar refractivity (Wildman–Crippen MR) is 106 cm³/mol. The Balaban J connectivity index is 1.57. The molecule has 158 valence electrons. The number of likely N-dealkylation sites (N-methyl/N-ethyl adjacent to an activating group) is 1. The molecular weight excluding hydrogens is 372 g/mol. The van der Waals surface area contributed by atoms with Crippen LogP contribution in [0.1, 0.15) is 37.3 Å². The van der Waals surface area contributed by atoms with E-state index in [2.05, 4.69) is 18.0 Å². The SMILES string of the molecule is CCOC(=O)CN(OC)[C@@H]1CC[C@H]2[C@H]3Cc4ccc(O)c5c4[C@@]2(CCN3C)[C@H]1O5. The van der Waals surface area contributed by atoms with Crippen LogP contribution in [0.4, 0.5) is 0 Å². The van der Waals surface area contributed by atoms with Gasteiger partial charge in [0.2, 0.25) is 0 Å². The molecule has 1 aromatic carbocycles. The zero-order valence-electron chi connectivity index (χ0n) is 17.4. The molecule has 1 spiro atoms. The first-order valence-corrected chi connectivity index (χ1v) is 10.7. The van der Waals surface area contributed by atoms with Crippen molar-refractivity contribution in [3.8, 4) is 11.5 Å². The van der Waals surface area contributed by atoms with Crippen molar-refractivity contribution in [3.63, 3.8) is 0 Å². The summed E-state index contributed by atoms with van der Waals surface area (Å²) in [6.07, 6.45) is 3.79. The maximum Gasteiger partial charge on any atom is 0.322 e. The van der Waals surface area contributed by atoms with Gasteiger partial charge in [0.1, 0.15) is 12.6 Å². The van der Waals surface area contributed by atoms with Crippen LogP contribution in [-0.2, 0) is 26.2 Å². The fraction of sp³-hybridized carbons (Fsp3) is 0.682. The third-order valence-corrected chi connectivity index (χ3v) is 7.76. The summed E-state index contributed by atoms with van der Waals surface area (Å²) >= 11 is 0. The molecule has 2 heterocycles. The minimum Gasteiger partial charge on any atom is -0.504 e. The highest BCUT2D eigenvalue weighted by atomic mass is 16.7. The van der Waals surface area contributed by atoms with Crippen molar-refractivity contribution in [3.05, 3.63) is 23.3 Å². The topological polar surface area (TPSA) is 71.5 Å². The van der Waals surface area contributed by atoms with Gasteiger partial charge in [0.05, 0.1) is 19.8 Å². The summed E-state index contributed by atoms with van der Waals surface area (Å²) in [5.74, 6) is 1.06. The van der Waals surface area contributed by atoms with E-state index in [9.17, 15) is 9.90 Å². The fourth-order valence-corrected chi connectivity index (χ4v) is 6.66. The number of piperidine rings is 1. The molecule has 1 N–H and O–H groups in total. The van der Waals surface area contributed by atoms with Gasteiger partial charge in [-0.05, 0) is 63.7 Å². The summed E-state index contributed by atoms with van der Waals surface area (Å²) in [6.45, 7) is 3.24. The molecule has 0 radical (unpaired) electrons. The van der Waals surface area contributed by atoms with E-state index in [0.29, 0.717) is 24.3 Å². The van der Waals surface area contributed by atoms with Crippen LogP contribution in [0, 0.1) is 5.92 Å². The van der Waals surface area contributed by atoms with E-state index in [-0.39, 0.29) is 35.8 Å². The standard InChI is InChI=1S/C22H30N2O5/c1-4-28-18(26)12-24(27-3)15-7-6-14-16-11-13-5-8-17(25)20-19(13)22(14,21(15)29-20)9-10-23(16)2/h5,8,14-16,21,25H,4,6-7,9-12H2,1-3H3/t14-,15+,16+,21-,22-/m0/s1. The van der Waals surface area contributed by atoms with Crippen LogP contribution < -0.4 is 4.74 Å². The Morgan fingerprint density at radius 3 is 3.00 bits per heavy atom. The molecule has 7 heteroatoms. The molecule has 0 aromatic heterocycles. The van der Waals surface area contributed by atoms with Gasteiger partial charge in [-0.3, -0.25) is 4.79 Å². The van der Waals surface area contributed by atoms with Crippen LogP contribution in [0.2, 0.25) is 0 Å². The van der Waals surface area contributed by atoms with Gasteiger partial charge in [-0.1, -0.05) is 6.07 Å². The maximum absolute atomic E-state index is 12.2. The van der Waals surface area contributed by atoms with Gasteiger partial charge < -0.3 is 24.3 Å². The summed E-state index contributed by atoms with van der Waals surface area (Å²) in [7, 11) is 3.83. The highest BCUT2D eigenvalue weighted by Crippen LogP contribution is 2.64. The third kappa shape index (κ3) is 2.57. The number of phenols is 1. The van der Waals surface area contributed by atoms with Crippen LogP contribution in [-0.4, -0.2) is 73.1 Å². The average molecular weight is 402 g/mol. The van der Waals surface area contributed by atoms with Gasteiger partial charge in [0.15, 0.2) is 11.5 Å². The van der Waals surface area contributed by atoms with E-state index < -0.39 is 0 Å². The minimum atomic E-state index is -0.294.